The second kappa shape index (κ2) is 8.53. The van der Waals surface area contributed by atoms with Crippen LogP contribution in [0.4, 0.5) is 22.1 Å². The van der Waals surface area contributed by atoms with E-state index in [1.807, 2.05) is 0 Å². The Bertz CT molecular complexity index is 761. The zero-order valence-corrected chi connectivity index (χ0v) is 15.4. The number of amides is 2. The molecule has 4 N–H and O–H groups in total. The van der Waals surface area contributed by atoms with Crippen molar-refractivity contribution in [2.24, 2.45) is 0 Å². The Balaban J connectivity index is 1.60. The number of halogens is 2. The number of carbonyl (C=O) groups is 1. The number of aromatic nitrogens is 2. The van der Waals surface area contributed by atoms with Gasteiger partial charge in [-0.2, -0.15) is 0 Å². The van der Waals surface area contributed by atoms with Crippen LogP contribution in [0, 0.1) is 0 Å². The lowest BCUT2D eigenvalue weighted by Crippen LogP contribution is -2.28. The Morgan fingerprint density at radius 3 is 2.38 bits per heavy atom. The van der Waals surface area contributed by atoms with Gasteiger partial charge in [0.15, 0.2) is 0 Å². The van der Waals surface area contributed by atoms with Crippen LogP contribution in [0.2, 0.25) is 10.0 Å². The first-order valence-electron chi connectivity index (χ1n) is 8.30. The van der Waals surface area contributed by atoms with Crippen molar-refractivity contribution in [3.8, 4) is 0 Å². The molecule has 138 valence electrons. The van der Waals surface area contributed by atoms with Gasteiger partial charge in [-0.15, -0.1) is 0 Å². The minimum Gasteiger partial charge on any atom is -0.393 e. The average Bonchev–Trinajstić information content (AvgIpc) is 2.61. The van der Waals surface area contributed by atoms with E-state index in [2.05, 4.69) is 25.9 Å². The molecule has 0 unspecified atom stereocenters. The van der Waals surface area contributed by atoms with Gasteiger partial charge in [0.25, 0.3) is 0 Å². The maximum absolute atomic E-state index is 12.2. The van der Waals surface area contributed by atoms with E-state index in [1.54, 1.807) is 24.3 Å². The normalized spacial score (nSPS) is 19.7. The van der Waals surface area contributed by atoms with E-state index in [9.17, 15) is 9.90 Å². The van der Waals surface area contributed by atoms with Crippen LogP contribution in [0.15, 0.2) is 30.6 Å². The lowest BCUT2D eigenvalue weighted by atomic mass is 9.93. The molecule has 0 spiro atoms. The minimum atomic E-state index is -0.509. The molecule has 3 rings (SSSR count). The molecule has 7 nitrogen and oxygen atoms in total. The number of nitrogens with zero attached hydrogens (tertiary/aromatic N) is 2. The molecule has 0 radical (unpaired) electrons. The number of benzene rings is 1. The van der Waals surface area contributed by atoms with Gasteiger partial charge in [-0.1, -0.05) is 29.3 Å². The maximum Gasteiger partial charge on any atom is 0.324 e. The summed E-state index contributed by atoms with van der Waals surface area (Å²) in [4.78, 5) is 20.4. The number of urea groups is 1. The predicted octanol–water partition coefficient (Wildman–Crippen LogP) is 4.14. The van der Waals surface area contributed by atoms with Crippen molar-refractivity contribution in [3.63, 3.8) is 0 Å². The van der Waals surface area contributed by atoms with Crippen molar-refractivity contribution in [1.82, 2.24) is 9.97 Å². The summed E-state index contributed by atoms with van der Waals surface area (Å²) in [7, 11) is 0. The van der Waals surface area contributed by atoms with E-state index in [4.69, 9.17) is 23.2 Å². The first-order chi connectivity index (χ1) is 12.5. The minimum absolute atomic E-state index is 0.212. The number of anilines is 3. The maximum atomic E-state index is 12.2. The molecule has 0 aliphatic heterocycles. The summed E-state index contributed by atoms with van der Waals surface area (Å²) in [6.45, 7) is 0. The van der Waals surface area contributed by atoms with Crippen LogP contribution in [-0.4, -0.2) is 33.3 Å². The number of hydrogen-bond donors (Lipinski definition) is 4. The number of rotatable bonds is 4. The molecule has 1 aliphatic rings. The van der Waals surface area contributed by atoms with Gasteiger partial charge in [-0.25, -0.2) is 14.8 Å². The number of hydrogen-bond acceptors (Lipinski definition) is 5. The third kappa shape index (κ3) is 4.97. The SMILES string of the molecule is O=C(Nc1cc(N[C@H]2CC[C@H](O)CC2)ncn1)Nc1c(Cl)cccc1Cl. The third-order valence-corrected chi connectivity index (χ3v) is 4.79. The number of aliphatic hydroxyl groups excluding tert-OH is 1. The molecule has 0 bridgehead atoms. The zero-order chi connectivity index (χ0) is 18.5. The second-order valence-electron chi connectivity index (χ2n) is 6.11. The van der Waals surface area contributed by atoms with Crippen LogP contribution in [0.5, 0.6) is 0 Å². The van der Waals surface area contributed by atoms with E-state index in [1.165, 1.54) is 6.33 Å². The van der Waals surface area contributed by atoms with Crippen LogP contribution < -0.4 is 16.0 Å². The van der Waals surface area contributed by atoms with Crippen molar-refractivity contribution in [1.29, 1.82) is 0 Å². The molecule has 2 amide bonds. The van der Waals surface area contributed by atoms with Gasteiger partial charge in [0, 0.05) is 12.1 Å². The molecule has 2 aromatic rings. The highest BCUT2D eigenvalue weighted by Crippen LogP contribution is 2.30. The molecule has 1 aliphatic carbocycles. The Hall–Kier alpha value is -2.09. The van der Waals surface area contributed by atoms with Gasteiger partial charge in [0.05, 0.1) is 21.8 Å². The van der Waals surface area contributed by atoms with E-state index < -0.39 is 6.03 Å². The lowest BCUT2D eigenvalue weighted by Gasteiger charge is -2.26. The highest BCUT2D eigenvalue weighted by Gasteiger charge is 2.19. The Morgan fingerprint density at radius 1 is 1.04 bits per heavy atom. The van der Waals surface area contributed by atoms with Gasteiger partial charge in [0.1, 0.15) is 18.0 Å². The van der Waals surface area contributed by atoms with E-state index in [0.29, 0.717) is 27.4 Å². The van der Waals surface area contributed by atoms with Crippen molar-refractivity contribution in [2.75, 3.05) is 16.0 Å². The Kier molecular flexibility index (Phi) is 6.13. The van der Waals surface area contributed by atoms with Gasteiger partial charge < -0.3 is 15.7 Å². The fourth-order valence-corrected chi connectivity index (χ4v) is 3.30. The molecule has 1 aromatic carbocycles. The summed E-state index contributed by atoms with van der Waals surface area (Å²) < 4.78 is 0. The summed E-state index contributed by atoms with van der Waals surface area (Å²) in [6, 6.07) is 6.36. The predicted molar refractivity (Wildman–Crippen MR) is 103 cm³/mol. The molecular weight excluding hydrogens is 377 g/mol. The van der Waals surface area contributed by atoms with Gasteiger partial charge in [-0.3, -0.25) is 5.32 Å². The monoisotopic (exact) mass is 395 g/mol. The molecule has 0 atom stereocenters. The molecule has 9 heteroatoms. The number of aliphatic hydroxyl groups is 1. The van der Waals surface area contributed by atoms with Crippen LogP contribution in [0.3, 0.4) is 0 Å². The topological polar surface area (TPSA) is 99.2 Å². The van der Waals surface area contributed by atoms with Gasteiger partial charge in [0.2, 0.25) is 0 Å². The van der Waals surface area contributed by atoms with E-state index >= 15 is 0 Å². The highest BCUT2D eigenvalue weighted by molar-refractivity contribution is 6.39. The molecular formula is C17H19Cl2N5O2. The second-order valence-corrected chi connectivity index (χ2v) is 6.93. The number of para-hydroxylation sites is 1. The molecule has 1 heterocycles. The average molecular weight is 396 g/mol. The van der Waals surface area contributed by atoms with Gasteiger partial charge in [-0.05, 0) is 37.8 Å². The van der Waals surface area contributed by atoms with Crippen molar-refractivity contribution < 1.29 is 9.90 Å². The first-order valence-corrected chi connectivity index (χ1v) is 9.05. The molecule has 1 saturated carbocycles. The van der Waals surface area contributed by atoms with Crippen molar-refractivity contribution in [3.05, 3.63) is 40.6 Å². The summed E-state index contributed by atoms with van der Waals surface area (Å²) in [6.07, 6.45) is 4.46. The summed E-state index contributed by atoms with van der Waals surface area (Å²) in [5.74, 6) is 0.964. The molecule has 0 saturated heterocycles. The Labute approximate surface area is 161 Å². The number of carbonyl (C=O) groups excluding carboxylic acids is 1. The zero-order valence-electron chi connectivity index (χ0n) is 13.9. The van der Waals surface area contributed by atoms with Crippen molar-refractivity contribution >= 4 is 46.6 Å². The fourth-order valence-electron chi connectivity index (χ4n) is 2.81. The van der Waals surface area contributed by atoms with Crippen LogP contribution in [0.25, 0.3) is 0 Å². The van der Waals surface area contributed by atoms with Gasteiger partial charge >= 0.3 is 6.03 Å². The van der Waals surface area contributed by atoms with Crippen LogP contribution in [0.1, 0.15) is 25.7 Å². The van der Waals surface area contributed by atoms with Crippen molar-refractivity contribution in [2.45, 2.75) is 37.8 Å². The standard InChI is InChI=1S/C17H19Cl2N5O2/c18-12-2-1-3-13(19)16(12)24-17(26)23-15-8-14(20-9-21-15)22-10-4-6-11(25)7-5-10/h1-3,8-11,25H,4-7H2,(H3,20,21,22,23,24,26)/t10-,11-. The van der Waals surface area contributed by atoms with E-state index in [-0.39, 0.29) is 12.1 Å². The smallest absolute Gasteiger partial charge is 0.324 e. The largest absolute Gasteiger partial charge is 0.393 e. The molecule has 1 fully saturated rings. The summed E-state index contributed by atoms with van der Waals surface area (Å²) in [5.41, 5.74) is 0.335. The third-order valence-electron chi connectivity index (χ3n) is 4.16. The van der Waals surface area contributed by atoms with E-state index in [0.717, 1.165) is 25.7 Å². The quantitative estimate of drug-likeness (QED) is 0.623. The first kappa shape index (κ1) is 18.7. The highest BCUT2D eigenvalue weighted by atomic mass is 35.5. The molecule has 1 aromatic heterocycles. The molecule has 26 heavy (non-hydrogen) atoms. The van der Waals surface area contributed by atoms with Crippen LogP contribution in [-0.2, 0) is 0 Å². The fraction of sp³-hybridized carbons (Fsp3) is 0.353. The van der Waals surface area contributed by atoms with Crippen LogP contribution >= 0.6 is 23.2 Å². The Morgan fingerprint density at radius 2 is 1.69 bits per heavy atom. The summed E-state index contributed by atoms with van der Waals surface area (Å²) in [5, 5.41) is 18.8. The number of nitrogens with one attached hydrogen (secondary N) is 3. The lowest BCUT2D eigenvalue weighted by molar-refractivity contribution is 0.126. The summed E-state index contributed by atoms with van der Waals surface area (Å²) >= 11 is 12.1.